The van der Waals surface area contributed by atoms with Crippen molar-refractivity contribution < 1.29 is 0 Å². The SMILES string of the molecule is Cc1ccc2c(=O)n(C[C@@H](C(C)C)N(C)C)cnc2c1. The van der Waals surface area contributed by atoms with Gasteiger partial charge in [0.05, 0.1) is 17.2 Å². The number of benzene rings is 1. The van der Waals surface area contributed by atoms with Gasteiger partial charge in [-0.15, -0.1) is 0 Å². The maximum atomic E-state index is 12.5. The first-order chi connectivity index (χ1) is 9.40. The van der Waals surface area contributed by atoms with Gasteiger partial charge in [-0.2, -0.15) is 0 Å². The lowest BCUT2D eigenvalue weighted by Gasteiger charge is -2.28. The zero-order valence-corrected chi connectivity index (χ0v) is 12.9. The first kappa shape index (κ1) is 14.7. The minimum Gasteiger partial charge on any atom is -0.304 e. The number of rotatable bonds is 4. The lowest BCUT2D eigenvalue weighted by atomic mass is 10.0. The molecule has 0 saturated heterocycles. The third kappa shape index (κ3) is 2.90. The van der Waals surface area contributed by atoms with Crippen LogP contribution < -0.4 is 5.56 Å². The van der Waals surface area contributed by atoms with Gasteiger partial charge >= 0.3 is 0 Å². The average molecular weight is 273 g/mol. The summed E-state index contributed by atoms with van der Waals surface area (Å²) >= 11 is 0. The van der Waals surface area contributed by atoms with Crippen LogP contribution in [0, 0.1) is 12.8 Å². The van der Waals surface area contributed by atoms with E-state index in [4.69, 9.17) is 0 Å². The maximum absolute atomic E-state index is 12.5. The van der Waals surface area contributed by atoms with E-state index >= 15 is 0 Å². The Morgan fingerprint density at radius 3 is 2.60 bits per heavy atom. The third-order valence-electron chi connectivity index (χ3n) is 3.80. The molecule has 2 rings (SSSR count). The summed E-state index contributed by atoms with van der Waals surface area (Å²) in [4.78, 5) is 19.1. The first-order valence-corrected chi connectivity index (χ1v) is 7.02. The predicted octanol–water partition coefficient (Wildman–Crippen LogP) is 2.29. The van der Waals surface area contributed by atoms with Gasteiger partial charge in [0, 0.05) is 12.6 Å². The largest absolute Gasteiger partial charge is 0.304 e. The predicted molar refractivity (Wildman–Crippen MR) is 83.1 cm³/mol. The van der Waals surface area contributed by atoms with Crippen LogP contribution in [-0.2, 0) is 6.54 Å². The van der Waals surface area contributed by atoms with Gasteiger partial charge < -0.3 is 4.90 Å². The number of hydrogen-bond donors (Lipinski definition) is 0. The lowest BCUT2D eigenvalue weighted by molar-refractivity contribution is 0.204. The molecule has 4 nitrogen and oxygen atoms in total. The minimum absolute atomic E-state index is 0.0440. The molecule has 0 radical (unpaired) electrons. The molecule has 1 aromatic carbocycles. The molecular formula is C16H23N3O. The van der Waals surface area contributed by atoms with Crippen molar-refractivity contribution in [3.05, 3.63) is 40.4 Å². The monoisotopic (exact) mass is 273 g/mol. The molecule has 1 aromatic heterocycles. The average Bonchev–Trinajstić information content (AvgIpc) is 2.36. The fourth-order valence-corrected chi connectivity index (χ4v) is 2.57. The molecule has 0 aliphatic heterocycles. The van der Waals surface area contributed by atoms with Crippen molar-refractivity contribution in [3.63, 3.8) is 0 Å². The second-order valence-corrected chi connectivity index (χ2v) is 6.00. The molecule has 0 unspecified atom stereocenters. The molecular weight excluding hydrogens is 250 g/mol. The van der Waals surface area contributed by atoms with E-state index in [9.17, 15) is 4.79 Å². The molecule has 1 heterocycles. The molecule has 0 saturated carbocycles. The molecule has 0 aliphatic rings. The quantitative estimate of drug-likeness (QED) is 0.858. The van der Waals surface area contributed by atoms with Gasteiger partial charge in [0.2, 0.25) is 0 Å². The molecule has 0 amide bonds. The third-order valence-corrected chi connectivity index (χ3v) is 3.80. The molecule has 0 N–H and O–H groups in total. The highest BCUT2D eigenvalue weighted by Gasteiger charge is 2.17. The molecule has 20 heavy (non-hydrogen) atoms. The van der Waals surface area contributed by atoms with Gasteiger partial charge in [-0.05, 0) is 44.6 Å². The fraction of sp³-hybridized carbons (Fsp3) is 0.500. The number of aryl methyl sites for hydroxylation is 1. The molecule has 0 bridgehead atoms. The summed E-state index contributed by atoms with van der Waals surface area (Å²) in [5, 5.41) is 0.694. The van der Waals surface area contributed by atoms with Crippen molar-refractivity contribution in [2.75, 3.05) is 14.1 Å². The van der Waals surface area contributed by atoms with Gasteiger partial charge in [0.15, 0.2) is 0 Å². The fourth-order valence-electron chi connectivity index (χ4n) is 2.57. The zero-order chi connectivity index (χ0) is 14.9. The van der Waals surface area contributed by atoms with Crippen molar-refractivity contribution in [3.8, 4) is 0 Å². The zero-order valence-electron chi connectivity index (χ0n) is 12.9. The van der Waals surface area contributed by atoms with Crippen LogP contribution in [0.5, 0.6) is 0 Å². The molecule has 1 atom stereocenters. The lowest BCUT2D eigenvalue weighted by Crippen LogP contribution is -2.39. The van der Waals surface area contributed by atoms with E-state index in [1.165, 1.54) is 0 Å². The molecule has 0 spiro atoms. The highest BCUT2D eigenvalue weighted by atomic mass is 16.1. The smallest absolute Gasteiger partial charge is 0.261 e. The maximum Gasteiger partial charge on any atom is 0.261 e. The Bertz CT molecular complexity index is 650. The van der Waals surface area contributed by atoms with E-state index in [1.54, 1.807) is 10.9 Å². The Kier molecular flexibility index (Phi) is 4.23. The molecule has 0 fully saturated rings. The van der Waals surface area contributed by atoms with Crippen LogP contribution in [0.15, 0.2) is 29.3 Å². The summed E-state index contributed by atoms with van der Waals surface area (Å²) in [6.07, 6.45) is 1.67. The van der Waals surface area contributed by atoms with Gasteiger partial charge in [0.1, 0.15) is 0 Å². The summed E-state index contributed by atoms with van der Waals surface area (Å²) in [5.74, 6) is 0.477. The normalized spacial score (nSPS) is 13.3. The van der Waals surface area contributed by atoms with Gasteiger partial charge in [-0.1, -0.05) is 19.9 Å². The standard InChI is InChI=1S/C16H23N3O/c1-11(2)15(18(4)5)9-19-10-17-14-8-12(3)6-7-13(14)16(19)20/h6-8,10-11,15H,9H2,1-5H3/t15-/m0/s1. The summed E-state index contributed by atoms with van der Waals surface area (Å²) < 4.78 is 1.72. The van der Waals surface area contributed by atoms with Crippen molar-refractivity contribution in [1.82, 2.24) is 14.5 Å². The molecule has 4 heteroatoms. The number of hydrogen-bond acceptors (Lipinski definition) is 3. The topological polar surface area (TPSA) is 38.1 Å². The highest BCUT2D eigenvalue weighted by Crippen LogP contribution is 2.12. The molecule has 2 aromatic rings. The van der Waals surface area contributed by atoms with Gasteiger partial charge in [0.25, 0.3) is 5.56 Å². The van der Waals surface area contributed by atoms with Gasteiger partial charge in [-0.25, -0.2) is 4.98 Å². The van der Waals surface area contributed by atoms with Crippen molar-refractivity contribution >= 4 is 10.9 Å². The minimum atomic E-state index is 0.0440. The Hall–Kier alpha value is -1.68. The Morgan fingerprint density at radius 1 is 1.30 bits per heavy atom. The van der Waals surface area contributed by atoms with Gasteiger partial charge in [-0.3, -0.25) is 9.36 Å². The van der Waals surface area contributed by atoms with Crippen molar-refractivity contribution in [1.29, 1.82) is 0 Å². The van der Waals surface area contributed by atoms with E-state index in [0.717, 1.165) is 11.1 Å². The van der Waals surface area contributed by atoms with E-state index in [1.807, 2.05) is 39.2 Å². The van der Waals surface area contributed by atoms with E-state index in [2.05, 4.69) is 23.7 Å². The van der Waals surface area contributed by atoms with E-state index in [-0.39, 0.29) is 5.56 Å². The number of aromatic nitrogens is 2. The van der Waals surface area contributed by atoms with Crippen LogP contribution in [0.4, 0.5) is 0 Å². The first-order valence-electron chi connectivity index (χ1n) is 7.02. The number of likely N-dealkylation sites (N-methyl/N-ethyl adjacent to an activating group) is 1. The van der Waals surface area contributed by atoms with Crippen LogP contribution >= 0.6 is 0 Å². The summed E-state index contributed by atoms with van der Waals surface area (Å²) in [7, 11) is 4.10. The van der Waals surface area contributed by atoms with Crippen LogP contribution in [0.1, 0.15) is 19.4 Å². The summed E-state index contributed by atoms with van der Waals surface area (Å²) in [5.41, 5.74) is 1.94. The Morgan fingerprint density at radius 2 is 2.00 bits per heavy atom. The van der Waals surface area contributed by atoms with Crippen LogP contribution in [0.3, 0.4) is 0 Å². The van der Waals surface area contributed by atoms with Crippen molar-refractivity contribution in [2.45, 2.75) is 33.4 Å². The second kappa shape index (κ2) is 5.75. The summed E-state index contributed by atoms with van der Waals surface area (Å²) in [6.45, 7) is 7.02. The van der Waals surface area contributed by atoms with E-state index < -0.39 is 0 Å². The highest BCUT2D eigenvalue weighted by molar-refractivity contribution is 5.77. The Balaban J connectivity index is 2.43. The number of nitrogens with zero attached hydrogens (tertiary/aromatic N) is 3. The molecule has 108 valence electrons. The number of fused-ring (bicyclic) bond motifs is 1. The molecule has 0 aliphatic carbocycles. The van der Waals surface area contributed by atoms with Crippen LogP contribution in [0.25, 0.3) is 10.9 Å². The second-order valence-electron chi connectivity index (χ2n) is 6.00. The Labute approximate surface area is 120 Å². The van der Waals surface area contributed by atoms with E-state index in [0.29, 0.717) is 23.9 Å². The summed E-state index contributed by atoms with van der Waals surface area (Å²) in [6, 6.07) is 6.10. The van der Waals surface area contributed by atoms with Crippen molar-refractivity contribution in [2.24, 2.45) is 5.92 Å². The van der Waals surface area contributed by atoms with Crippen LogP contribution in [-0.4, -0.2) is 34.6 Å². The van der Waals surface area contributed by atoms with Crippen LogP contribution in [0.2, 0.25) is 0 Å².